The fourth-order valence-corrected chi connectivity index (χ4v) is 3.06. The predicted octanol–water partition coefficient (Wildman–Crippen LogP) is 3.26. The fourth-order valence-electron chi connectivity index (χ4n) is 2.24. The first-order chi connectivity index (χ1) is 11.1. The lowest BCUT2D eigenvalue weighted by Gasteiger charge is -2.22. The van der Waals surface area contributed by atoms with Crippen LogP contribution in [-0.2, 0) is 11.3 Å². The molecular weight excluding hydrogens is 314 g/mol. The molecule has 0 fully saturated rings. The number of benzene rings is 1. The zero-order chi connectivity index (χ0) is 16.7. The Labute approximate surface area is 139 Å². The van der Waals surface area contributed by atoms with Gasteiger partial charge in [-0.1, -0.05) is 30.3 Å². The molecule has 0 unspecified atom stereocenters. The van der Waals surface area contributed by atoms with E-state index < -0.39 is 5.97 Å². The van der Waals surface area contributed by atoms with E-state index in [-0.39, 0.29) is 12.3 Å². The molecule has 1 heterocycles. The Morgan fingerprint density at radius 2 is 1.96 bits per heavy atom. The van der Waals surface area contributed by atoms with Gasteiger partial charge in [0.1, 0.15) is 10.6 Å². The van der Waals surface area contributed by atoms with Crippen molar-refractivity contribution >= 4 is 23.2 Å². The van der Waals surface area contributed by atoms with Crippen molar-refractivity contribution in [1.82, 2.24) is 4.90 Å². The highest BCUT2D eigenvalue weighted by Crippen LogP contribution is 2.26. The number of hydrogen-bond acceptors (Lipinski definition) is 4. The smallest absolute Gasteiger partial charge is 0.303 e. The van der Waals surface area contributed by atoms with Gasteiger partial charge in [-0.25, -0.2) is 0 Å². The van der Waals surface area contributed by atoms with Crippen LogP contribution in [-0.4, -0.2) is 35.5 Å². The van der Waals surface area contributed by atoms with Crippen LogP contribution in [0.25, 0.3) is 0 Å². The number of rotatable bonds is 8. The molecule has 0 radical (unpaired) electrons. The molecule has 0 saturated heterocycles. The molecule has 0 saturated carbocycles. The van der Waals surface area contributed by atoms with E-state index in [0.29, 0.717) is 30.1 Å². The summed E-state index contributed by atoms with van der Waals surface area (Å²) in [5.41, 5.74) is 1.01. The summed E-state index contributed by atoms with van der Waals surface area (Å²) in [5.74, 6) is -0.437. The molecular formula is C17H19NO4S. The predicted molar refractivity (Wildman–Crippen MR) is 88.9 cm³/mol. The summed E-state index contributed by atoms with van der Waals surface area (Å²) in [6, 6.07) is 11.4. The number of carbonyl (C=O) groups excluding carboxylic acids is 1. The van der Waals surface area contributed by atoms with Crippen LogP contribution < -0.4 is 4.74 Å². The largest absolute Gasteiger partial charge is 0.495 e. The Balaban J connectivity index is 2.14. The third-order valence-corrected chi connectivity index (χ3v) is 4.25. The topological polar surface area (TPSA) is 66.8 Å². The lowest BCUT2D eigenvalue weighted by molar-refractivity contribution is -0.137. The summed E-state index contributed by atoms with van der Waals surface area (Å²) in [6.45, 7) is 0.835. The molecule has 0 spiro atoms. The van der Waals surface area contributed by atoms with E-state index in [0.717, 1.165) is 5.56 Å². The Kier molecular flexibility index (Phi) is 6.17. The van der Waals surface area contributed by atoms with Crippen molar-refractivity contribution in [2.24, 2.45) is 0 Å². The number of thiophene rings is 1. The van der Waals surface area contributed by atoms with E-state index in [1.54, 1.807) is 11.0 Å². The molecule has 5 nitrogen and oxygen atoms in total. The van der Waals surface area contributed by atoms with Crippen LogP contribution >= 0.6 is 11.3 Å². The third kappa shape index (κ3) is 4.82. The minimum absolute atomic E-state index is 0.0418. The van der Waals surface area contributed by atoms with Crippen LogP contribution in [0.1, 0.15) is 28.1 Å². The number of aliphatic carboxylic acids is 1. The van der Waals surface area contributed by atoms with Gasteiger partial charge in [-0.3, -0.25) is 9.59 Å². The van der Waals surface area contributed by atoms with E-state index in [4.69, 9.17) is 9.84 Å². The van der Waals surface area contributed by atoms with Crippen molar-refractivity contribution in [3.63, 3.8) is 0 Å². The number of amides is 1. The second kappa shape index (κ2) is 8.33. The quantitative estimate of drug-likeness (QED) is 0.805. The van der Waals surface area contributed by atoms with Gasteiger partial charge >= 0.3 is 5.97 Å². The van der Waals surface area contributed by atoms with Crippen molar-refractivity contribution < 1.29 is 19.4 Å². The van der Waals surface area contributed by atoms with E-state index in [1.807, 2.05) is 35.7 Å². The Morgan fingerprint density at radius 1 is 1.22 bits per heavy atom. The van der Waals surface area contributed by atoms with Crippen LogP contribution in [0.2, 0.25) is 0 Å². The minimum Gasteiger partial charge on any atom is -0.495 e. The molecule has 23 heavy (non-hydrogen) atoms. The number of nitrogens with zero attached hydrogens (tertiary/aromatic N) is 1. The summed E-state index contributed by atoms with van der Waals surface area (Å²) < 4.78 is 5.22. The number of methoxy groups -OCH3 is 1. The second-order valence-electron chi connectivity index (χ2n) is 5.03. The molecule has 1 amide bonds. The van der Waals surface area contributed by atoms with Gasteiger partial charge in [0, 0.05) is 19.5 Å². The monoisotopic (exact) mass is 333 g/mol. The molecule has 1 aromatic heterocycles. The van der Waals surface area contributed by atoms with Gasteiger partial charge in [-0.15, -0.1) is 11.3 Å². The first-order valence-corrected chi connectivity index (χ1v) is 8.16. The number of hydrogen-bond donors (Lipinski definition) is 1. The highest BCUT2D eigenvalue weighted by Gasteiger charge is 2.21. The average molecular weight is 333 g/mol. The maximum absolute atomic E-state index is 12.8. The van der Waals surface area contributed by atoms with Gasteiger partial charge in [-0.05, 0) is 23.4 Å². The van der Waals surface area contributed by atoms with Gasteiger partial charge in [0.05, 0.1) is 7.11 Å². The molecule has 122 valence electrons. The molecule has 0 aliphatic heterocycles. The molecule has 0 aliphatic rings. The van der Waals surface area contributed by atoms with Gasteiger partial charge in [0.15, 0.2) is 0 Å². The fraction of sp³-hybridized carbons (Fsp3) is 0.294. The van der Waals surface area contributed by atoms with E-state index in [1.165, 1.54) is 18.4 Å². The van der Waals surface area contributed by atoms with Gasteiger partial charge in [-0.2, -0.15) is 0 Å². The molecule has 2 aromatic rings. The first kappa shape index (κ1) is 17.0. The zero-order valence-electron chi connectivity index (χ0n) is 12.9. The van der Waals surface area contributed by atoms with Crippen molar-refractivity contribution in [2.45, 2.75) is 19.4 Å². The van der Waals surface area contributed by atoms with Gasteiger partial charge in [0.2, 0.25) is 0 Å². The average Bonchev–Trinajstić information content (AvgIpc) is 3.02. The van der Waals surface area contributed by atoms with Crippen molar-refractivity contribution in [3.8, 4) is 5.75 Å². The first-order valence-electron chi connectivity index (χ1n) is 7.28. The molecule has 1 N–H and O–H groups in total. The summed E-state index contributed by atoms with van der Waals surface area (Å²) in [6.07, 6.45) is 0.460. The summed E-state index contributed by atoms with van der Waals surface area (Å²) in [4.78, 5) is 25.7. The van der Waals surface area contributed by atoms with E-state index in [9.17, 15) is 9.59 Å². The second-order valence-corrected chi connectivity index (χ2v) is 5.94. The Bertz CT molecular complexity index is 654. The van der Waals surface area contributed by atoms with Gasteiger partial charge < -0.3 is 14.7 Å². The number of carboxylic acids is 1. The van der Waals surface area contributed by atoms with Crippen molar-refractivity contribution in [3.05, 3.63) is 52.2 Å². The van der Waals surface area contributed by atoms with E-state index >= 15 is 0 Å². The number of carbonyl (C=O) groups is 2. The highest BCUT2D eigenvalue weighted by atomic mass is 32.1. The van der Waals surface area contributed by atoms with Gasteiger partial charge in [0.25, 0.3) is 5.91 Å². The summed E-state index contributed by atoms with van der Waals surface area (Å²) in [7, 11) is 1.53. The summed E-state index contributed by atoms with van der Waals surface area (Å²) >= 11 is 1.33. The minimum atomic E-state index is -0.856. The van der Waals surface area contributed by atoms with Crippen LogP contribution in [0, 0.1) is 0 Å². The standard InChI is InChI=1S/C17H19NO4S/c1-22-14-9-11-23-16(14)17(21)18(10-5-8-15(19)20)12-13-6-3-2-4-7-13/h2-4,6-7,9,11H,5,8,10,12H2,1H3,(H,19,20). The zero-order valence-corrected chi connectivity index (χ0v) is 13.7. The number of ether oxygens (including phenoxy) is 1. The molecule has 0 bridgehead atoms. The van der Waals surface area contributed by atoms with E-state index in [2.05, 4.69) is 0 Å². The van der Waals surface area contributed by atoms with Crippen LogP contribution in [0.3, 0.4) is 0 Å². The number of carboxylic acid groups (broad SMARTS) is 1. The molecule has 6 heteroatoms. The summed E-state index contributed by atoms with van der Waals surface area (Å²) in [5, 5.41) is 10.6. The van der Waals surface area contributed by atoms with Crippen LogP contribution in [0.4, 0.5) is 0 Å². The lowest BCUT2D eigenvalue weighted by atomic mass is 10.2. The van der Waals surface area contributed by atoms with Crippen molar-refractivity contribution in [1.29, 1.82) is 0 Å². The highest BCUT2D eigenvalue weighted by molar-refractivity contribution is 7.12. The lowest BCUT2D eigenvalue weighted by Crippen LogP contribution is -2.31. The van der Waals surface area contributed by atoms with Crippen LogP contribution in [0.15, 0.2) is 41.8 Å². The molecule has 1 aromatic carbocycles. The van der Waals surface area contributed by atoms with Crippen LogP contribution in [0.5, 0.6) is 5.75 Å². The third-order valence-electron chi connectivity index (χ3n) is 3.37. The van der Waals surface area contributed by atoms with Crippen molar-refractivity contribution in [2.75, 3.05) is 13.7 Å². The maximum atomic E-state index is 12.8. The SMILES string of the molecule is COc1ccsc1C(=O)N(CCCC(=O)O)Cc1ccccc1. The Morgan fingerprint density at radius 3 is 2.61 bits per heavy atom. The molecule has 0 aliphatic carbocycles. The Hall–Kier alpha value is -2.34. The maximum Gasteiger partial charge on any atom is 0.303 e. The normalized spacial score (nSPS) is 10.3. The molecule has 0 atom stereocenters. The molecule has 2 rings (SSSR count).